The molecule has 0 saturated carbocycles. The van der Waals surface area contributed by atoms with E-state index in [0.717, 1.165) is 6.42 Å². The molecule has 96 valence electrons. The third-order valence-corrected chi connectivity index (χ3v) is 3.00. The van der Waals surface area contributed by atoms with Gasteiger partial charge < -0.3 is 0 Å². The maximum atomic E-state index is 11.6. The molecule has 0 amide bonds. The van der Waals surface area contributed by atoms with Crippen LogP contribution in [0.2, 0.25) is 0 Å². The molecular weight excluding hydrogens is 212 g/mol. The van der Waals surface area contributed by atoms with Crippen LogP contribution in [0.1, 0.15) is 69.5 Å². The van der Waals surface area contributed by atoms with E-state index in [4.69, 9.17) is 0 Å². The lowest BCUT2D eigenvalue weighted by atomic mass is 10.1. The summed E-state index contributed by atoms with van der Waals surface area (Å²) >= 11 is 0. The van der Waals surface area contributed by atoms with Crippen molar-refractivity contribution in [3.8, 4) is 0 Å². The van der Waals surface area contributed by atoms with E-state index in [2.05, 4.69) is 12.0 Å². The maximum absolute atomic E-state index is 11.6. The van der Waals surface area contributed by atoms with Gasteiger partial charge in [-0.1, -0.05) is 51.9 Å². The van der Waals surface area contributed by atoms with Gasteiger partial charge in [-0.2, -0.15) is 5.10 Å². The molecule has 0 N–H and O–H groups in total. The molecule has 0 aliphatic rings. The van der Waals surface area contributed by atoms with Gasteiger partial charge in [-0.15, -0.1) is 0 Å². The lowest BCUT2D eigenvalue weighted by molar-refractivity contribution is 0.0883. The molecule has 0 radical (unpaired) electrons. The predicted octanol–water partition coefficient (Wildman–Crippen LogP) is 4.05. The largest absolute Gasteiger partial charge is 0.273 e. The average molecular weight is 236 g/mol. The minimum atomic E-state index is 0.112. The maximum Gasteiger partial charge on any atom is 0.246 e. The first-order valence-corrected chi connectivity index (χ1v) is 6.87. The first-order valence-electron chi connectivity index (χ1n) is 6.87. The second kappa shape index (κ2) is 8.97. The van der Waals surface area contributed by atoms with Crippen LogP contribution in [0.25, 0.3) is 0 Å². The fourth-order valence-corrected chi connectivity index (χ4v) is 1.94. The molecule has 0 spiro atoms. The van der Waals surface area contributed by atoms with Gasteiger partial charge in [0.25, 0.3) is 0 Å². The highest BCUT2D eigenvalue weighted by Gasteiger charge is 2.03. The molecule has 17 heavy (non-hydrogen) atoms. The standard InChI is InChI=1S/C14H24N2O/c1-2-3-4-5-6-7-8-9-11-14(17)16-13-10-12-15-16/h10,12-13H,2-9,11H2,1H3. The van der Waals surface area contributed by atoms with Crippen LogP contribution in [0.15, 0.2) is 18.5 Å². The third kappa shape index (κ3) is 6.25. The van der Waals surface area contributed by atoms with Crippen molar-refractivity contribution in [3.05, 3.63) is 18.5 Å². The normalized spacial score (nSPS) is 10.6. The first kappa shape index (κ1) is 13.9. The number of rotatable bonds is 9. The number of hydrogen-bond donors (Lipinski definition) is 0. The second-order valence-corrected chi connectivity index (χ2v) is 4.57. The minimum absolute atomic E-state index is 0.112. The first-order chi connectivity index (χ1) is 8.34. The number of carbonyl (C=O) groups excluding carboxylic acids is 1. The Morgan fingerprint density at radius 1 is 1.06 bits per heavy atom. The van der Waals surface area contributed by atoms with Gasteiger partial charge in [0.05, 0.1) is 0 Å². The second-order valence-electron chi connectivity index (χ2n) is 4.57. The lowest BCUT2D eigenvalue weighted by Crippen LogP contribution is -2.10. The molecule has 0 saturated heterocycles. The van der Waals surface area contributed by atoms with E-state index < -0.39 is 0 Å². The van der Waals surface area contributed by atoms with Gasteiger partial charge in [-0.05, 0) is 12.5 Å². The highest BCUT2D eigenvalue weighted by atomic mass is 16.2. The number of carbonyl (C=O) groups is 1. The summed E-state index contributed by atoms with van der Waals surface area (Å²) in [7, 11) is 0. The summed E-state index contributed by atoms with van der Waals surface area (Å²) < 4.78 is 1.43. The molecule has 1 rings (SSSR count). The number of unbranched alkanes of at least 4 members (excludes halogenated alkanes) is 7. The smallest absolute Gasteiger partial charge is 0.246 e. The zero-order chi connectivity index (χ0) is 12.3. The van der Waals surface area contributed by atoms with Gasteiger partial charge in [0.2, 0.25) is 5.91 Å². The summed E-state index contributed by atoms with van der Waals surface area (Å²) in [6.45, 7) is 2.24. The van der Waals surface area contributed by atoms with Crippen molar-refractivity contribution in [2.24, 2.45) is 0 Å². The molecule has 1 heterocycles. The monoisotopic (exact) mass is 236 g/mol. The van der Waals surface area contributed by atoms with Crippen LogP contribution in [0.5, 0.6) is 0 Å². The summed E-state index contributed by atoms with van der Waals surface area (Å²) in [5.74, 6) is 0.112. The predicted molar refractivity (Wildman–Crippen MR) is 70.1 cm³/mol. The fourth-order valence-electron chi connectivity index (χ4n) is 1.94. The molecule has 0 aromatic carbocycles. The SMILES string of the molecule is CCCCCCCCCCC(=O)n1cccn1. The van der Waals surface area contributed by atoms with Crippen LogP contribution in [0.3, 0.4) is 0 Å². The van der Waals surface area contributed by atoms with Gasteiger partial charge >= 0.3 is 0 Å². The molecule has 0 atom stereocenters. The lowest BCUT2D eigenvalue weighted by Gasteiger charge is -2.01. The topological polar surface area (TPSA) is 34.9 Å². The van der Waals surface area contributed by atoms with E-state index in [1.807, 2.05) is 0 Å². The van der Waals surface area contributed by atoms with E-state index in [-0.39, 0.29) is 5.91 Å². The summed E-state index contributed by atoms with van der Waals surface area (Å²) in [6, 6.07) is 1.78. The van der Waals surface area contributed by atoms with Crippen molar-refractivity contribution in [1.29, 1.82) is 0 Å². The van der Waals surface area contributed by atoms with Crippen LogP contribution in [-0.2, 0) is 0 Å². The van der Waals surface area contributed by atoms with Gasteiger partial charge in [0, 0.05) is 18.8 Å². The van der Waals surface area contributed by atoms with Gasteiger partial charge in [-0.3, -0.25) is 4.79 Å². The van der Waals surface area contributed by atoms with Crippen molar-refractivity contribution in [2.45, 2.75) is 64.7 Å². The Hall–Kier alpha value is -1.12. The molecule has 0 aliphatic heterocycles. The van der Waals surface area contributed by atoms with Crippen LogP contribution in [0.4, 0.5) is 0 Å². The summed E-state index contributed by atoms with van der Waals surface area (Å²) in [4.78, 5) is 11.6. The Labute approximate surface area is 104 Å². The quantitative estimate of drug-likeness (QED) is 0.606. The molecule has 0 fully saturated rings. The Kier molecular flexibility index (Phi) is 7.35. The van der Waals surface area contributed by atoms with E-state index in [1.54, 1.807) is 18.5 Å². The van der Waals surface area contributed by atoms with Gasteiger partial charge in [0.15, 0.2) is 0 Å². The highest BCUT2D eigenvalue weighted by molar-refractivity contribution is 5.77. The van der Waals surface area contributed by atoms with E-state index in [0.29, 0.717) is 6.42 Å². The zero-order valence-corrected chi connectivity index (χ0v) is 10.9. The van der Waals surface area contributed by atoms with E-state index >= 15 is 0 Å². The molecular formula is C14H24N2O. The van der Waals surface area contributed by atoms with Crippen molar-refractivity contribution >= 4 is 5.91 Å². The highest BCUT2D eigenvalue weighted by Crippen LogP contribution is 2.09. The van der Waals surface area contributed by atoms with Crippen molar-refractivity contribution in [2.75, 3.05) is 0 Å². The van der Waals surface area contributed by atoms with E-state index in [1.165, 1.54) is 49.6 Å². The van der Waals surface area contributed by atoms with Crippen LogP contribution in [0, 0.1) is 0 Å². The fraction of sp³-hybridized carbons (Fsp3) is 0.714. The average Bonchev–Trinajstić information content (AvgIpc) is 2.86. The Morgan fingerprint density at radius 3 is 2.29 bits per heavy atom. The Bertz CT molecular complexity index is 293. The van der Waals surface area contributed by atoms with Gasteiger partial charge in [0.1, 0.15) is 0 Å². The van der Waals surface area contributed by atoms with Crippen molar-refractivity contribution < 1.29 is 4.79 Å². The number of nitrogens with zero attached hydrogens (tertiary/aromatic N) is 2. The van der Waals surface area contributed by atoms with Crippen molar-refractivity contribution in [3.63, 3.8) is 0 Å². The van der Waals surface area contributed by atoms with Crippen LogP contribution < -0.4 is 0 Å². The number of aromatic nitrogens is 2. The molecule has 0 bridgehead atoms. The Balaban J connectivity index is 1.92. The summed E-state index contributed by atoms with van der Waals surface area (Å²) in [5.41, 5.74) is 0. The van der Waals surface area contributed by atoms with Crippen LogP contribution >= 0.6 is 0 Å². The molecule has 1 aromatic heterocycles. The molecule has 1 aromatic rings. The summed E-state index contributed by atoms with van der Waals surface area (Å²) in [5, 5.41) is 3.93. The molecule has 3 heteroatoms. The third-order valence-electron chi connectivity index (χ3n) is 3.00. The zero-order valence-electron chi connectivity index (χ0n) is 10.9. The summed E-state index contributed by atoms with van der Waals surface area (Å²) in [6.07, 6.45) is 14.1. The molecule has 0 unspecified atom stereocenters. The molecule has 3 nitrogen and oxygen atoms in total. The van der Waals surface area contributed by atoms with E-state index in [9.17, 15) is 4.79 Å². The molecule has 0 aliphatic carbocycles. The number of hydrogen-bond acceptors (Lipinski definition) is 2. The van der Waals surface area contributed by atoms with Crippen molar-refractivity contribution in [1.82, 2.24) is 9.78 Å². The van der Waals surface area contributed by atoms with Gasteiger partial charge in [-0.25, -0.2) is 4.68 Å². The minimum Gasteiger partial charge on any atom is -0.273 e. The van der Waals surface area contributed by atoms with Crippen LogP contribution in [-0.4, -0.2) is 15.7 Å². The Morgan fingerprint density at radius 2 is 1.71 bits per heavy atom.